The van der Waals surface area contributed by atoms with Crippen LogP contribution in [-0.4, -0.2) is 35.3 Å². The second-order valence-corrected chi connectivity index (χ2v) is 5.36. The normalized spacial score (nSPS) is 13.8. The number of carbonyl (C=O) groups excluding carboxylic acids is 1. The average molecular weight is 298 g/mol. The lowest BCUT2D eigenvalue weighted by atomic mass is 10.2. The summed E-state index contributed by atoms with van der Waals surface area (Å²) in [6, 6.07) is 5.04. The summed E-state index contributed by atoms with van der Waals surface area (Å²) >= 11 is 0.979. The molecule has 0 saturated carbocycles. The number of hydrogen-bond acceptors (Lipinski definition) is 6. The Morgan fingerprint density at radius 3 is 2.85 bits per heavy atom. The fourth-order valence-electron chi connectivity index (χ4n) is 1.57. The quantitative estimate of drug-likeness (QED) is 0.857. The summed E-state index contributed by atoms with van der Waals surface area (Å²) in [5, 5.41) is 8.96. The number of thioether (sulfide) groups is 1. The highest BCUT2D eigenvalue weighted by molar-refractivity contribution is 8.13. The smallest absolute Gasteiger partial charge is 0.310 e. The molecule has 0 fully saturated rings. The van der Waals surface area contributed by atoms with Gasteiger partial charge in [-0.2, -0.15) is 0 Å². The van der Waals surface area contributed by atoms with E-state index in [2.05, 4.69) is 0 Å². The summed E-state index contributed by atoms with van der Waals surface area (Å²) in [5.74, 6) is 0.184. The van der Waals surface area contributed by atoms with Crippen molar-refractivity contribution in [3.05, 3.63) is 18.2 Å². The van der Waals surface area contributed by atoms with Gasteiger partial charge in [-0.05, 0) is 12.1 Å². The molecule has 1 N–H and O–H groups in total. The number of aliphatic carboxylic acids is 1. The van der Waals surface area contributed by atoms with Crippen molar-refractivity contribution in [2.45, 2.75) is 6.92 Å². The van der Waals surface area contributed by atoms with Gasteiger partial charge in [-0.1, -0.05) is 11.8 Å². The molecule has 1 aliphatic rings. The average Bonchev–Trinajstić information content (AvgIpc) is 2.85. The summed E-state index contributed by atoms with van der Waals surface area (Å²) < 4.78 is 15.8. The van der Waals surface area contributed by atoms with Crippen molar-refractivity contribution < 1.29 is 28.9 Å². The van der Waals surface area contributed by atoms with Gasteiger partial charge in [0, 0.05) is 18.7 Å². The molecular weight excluding hydrogens is 284 g/mol. The highest BCUT2D eigenvalue weighted by atomic mass is 32.2. The van der Waals surface area contributed by atoms with E-state index in [-0.39, 0.29) is 24.3 Å². The number of hydrogen-bond donors (Lipinski definition) is 1. The molecule has 0 bridgehead atoms. The van der Waals surface area contributed by atoms with Crippen molar-refractivity contribution >= 4 is 22.8 Å². The number of carboxylic acids is 1. The van der Waals surface area contributed by atoms with Gasteiger partial charge in [0.25, 0.3) is 0 Å². The van der Waals surface area contributed by atoms with Gasteiger partial charge in [0.2, 0.25) is 6.79 Å². The number of benzene rings is 1. The molecule has 1 aromatic carbocycles. The molecule has 1 aromatic rings. The largest absolute Gasteiger partial charge is 0.493 e. The standard InChI is InChI=1S/C13H14O6S/c1-8(14)20-6-9(13(15)16)5-17-10-2-3-11-12(4-10)19-7-18-11/h2-4,9H,5-7H2,1H3,(H,15,16). The molecular formula is C13H14O6S. The van der Waals surface area contributed by atoms with E-state index in [1.807, 2.05) is 0 Å². The van der Waals surface area contributed by atoms with Crippen LogP contribution in [0.3, 0.4) is 0 Å². The topological polar surface area (TPSA) is 82.1 Å². The number of fused-ring (bicyclic) bond motifs is 1. The van der Waals surface area contributed by atoms with E-state index in [4.69, 9.17) is 19.3 Å². The lowest BCUT2D eigenvalue weighted by Gasteiger charge is -2.13. The lowest BCUT2D eigenvalue weighted by Crippen LogP contribution is -2.24. The van der Waals surface area contributed by atoms with E-state index in [0.29, 0.717) is 17.2 Å². The van der Waals surface area contributed by atoms with Gasteiger partial charge >= 0.3 is 5.97 Å². The predicted octanol–water partition coefficient (Wildman–Crippen LogP) is 1.77. The molecule has 0 saturated heterocycles. The number of carbonyl (C=O) groups is 2. The molecule has 6 nitrogen and oxygen atoms in total. The third kappa shape index (κ3) is 3.80. The maximum Gasteiger partial charge on any atom is 0.310 e. The van der Waals surface area contributed by atoms with Crippen LogP contribution < -0.4 is 14.2 Å². The first kappa shape index (κ1) is 14.5. The number of rotatable bonds is 6. The summed E-state index contributed by atoms with van der Waals surface area (Å²) in [5.41, 5.74) is 0. The highest BCUT2D eigenvalue weighted by Crippen LogP contribution is 2.35. The van der Waals surface area contributed by atoms with E-state index < -0.39 is 11.9 Å². The van der Waals surface area contributed by atoms with E-state index >= 15 is 0 Å². The zero-order valence-corrected chi connectivity index (χ0v) is 11.6. The minimum Gasteiger partial charge on any atom is -0.493 e. The van der Waals surface area contributed by atoms with Gasteiger partial charge in [-0.15, -0.1) is 0 Å². The minimum absolute atomic E-state index is 0.00471. The summed E-state index contributed by atoms with van der Waals surface area (Å²) in [6.07, 6.45) is 0. The van der Waals surface area contributed by atoms with Gasteiger partial charge in [0.05, 0.1) is 0 Å². The lowest BCUT2D eigenvalue weighted by molar-refractivity contribution is -0.141. The van der Waals surface area contributed by atoms with E-state index in [1.54, 1.807) is 18.2 Å². The van der Waals surface area contributed by atoms with Crippen LogP contribution in [0, 0.1) is 5.92 Å². The molecule has 0 aliphatic carbocycles. The third-order valence-electron chi connectivity index (χ3n) is 2.63. The Kier molecular flexibility index (Phi) is 4.73. The van der Waals surface area contributed by atoms with Gasteiger partial charge in [-0.3, -0.25) is 9.59 Å². The van der Waals surface area contributed by atoms with Crippen LogP contribution in [-0.2, 0) is 9.59 Å². The molecule has 1 aliphatic heterocycles. The first-order valence-corrected chi connectivity index (χ1v) is 6.93. The molecule has 0 amide bonds. The molecule has 1 atom stereocenters. The molecule has 0 radical (unpaired) electrons. The maximum atomic E-state index is 11.1. The third-order valence-corrected chi connectivity index (χ3v) is 3.61. The van der Waals surface area contributed by atoms with Gasteiger partial charge in [-0.25, -0.2) is 0 Å². The summed E-state index contributed by atoms with van der Waals surface area (Å²) in [6.45, 7) is 1.57. The summed E-state index contributed by atoms with van der Waals surface area (Å²) in [7, 11) is 0. The molecule has 0 spiro atoms. The Labute approximate surface area is 120 Å². The monoisotopic (exact) mass is 298 g/mol. The van der Waals surface area contributed by atoms with Crippen LogP contribution in [0.5, 0.6) is 17.2 Å². The molecule has 7 heteroatoms. The Morgan fingerprint density at radius 1 is 1.40 bits per heavy atom. The second-order valence-electron chi connectivity index (χ2n) is 4.16. The fraction of sp³-hybridized carbons (Fsp3) is 0.385. The van der Waals surface area contributed by atoms with E-state index in [0.717, 1.165) is 11.8 Å². The molecule has 1 heterocycles. The van der Waals surface area contributed by atoms with E-state index in [1.165, 1.54) is 6.92 Å². The van der Waals surface area contributed by atoms with Crippen molar-refractivity contribution in [3.63, 3.8) is 0 Å². The van der Waals surface area contributed by atoms with Crippen LogP contribution in [0.4, 0.5) is 0 Å². The Bertz CT molecular complexity index is 516. The predicted molar refractivity (Wildman–Crippen MR) is 72.3 cm³/mol. The van der Waals surface area contributed by atoms with Crippen LogP contribution in [0.25, 0.3) is 0 Å². The zero-order chi connectivity index (χ0) is 14.5. The fourth-order valence-corrected chi connectivity index (χ4v) is 2.25. The minimum atomic E-state index is -0.987. The Morgan fingerprint density at radius 2 is 2.15 bits per heavy atom. The molecule has 1 unspecified atom stereocenters. The zero-order valence-electron chi connectivity index (χ0n) is 10.8. The highest BCUT2D eigenvalue weighted by Gasteiger charge is 2.20. The number of ether oxygens (including phenoxy) is 3. The first-order valence-electron chi connectivity index (χ1n) is 5.95. The van der Waals surface area contributed by atoms with E-state index in [9.17, 15) is 9.59 Å². The second kappa shape index (κ2) is 6.51. The molecule has 20 heavy (non-hydrogen) atoms. The van der Waals surface area contributed by atoms with Crippen LogP contribution in [0.1, 0.15) is 6.92 Å². The van der Waals surface area contributed by atoms with Gasteiger partial charge < -0.3 is 19.3 Å². The van der Waals surface area contributed by atoms with Crippen molar-refractivity contribution in [1.82, 2.24) is 0 Å². The van der Waals surface area contributed by atoms with Gasteiger partial charge in [0.1, 0.15) is 18.3 Å². The Balaban J connectivity index is 1.91. The maximum absolute atomic E-state index is 11.1. The molecule has 108 valence electrons. The number of carboxylic acid groups (broad SMARTS) is 1. The van der Waals surface area contributed by atoms with Crippen molar-refractivity contribution in [1.29, 1.82) is 0 Å². The van der Waals surface area contributed by atoms with Crippen molar-refractivity contribution in [2.24, 2.45) is 5.92 Å². The van der Waals surface area contributed by atoms with Crippen LogP contribution >= 0.6 is 11.8 Å². The van der Waals surface area contributed by atoms with Crippen molar-refractivity contribution in [3.8, 4) is 17.2 Å². The SMILES string of the molecule is CC(=O)SCC(COc1ccc2c(c1)OCO2)C(=O)O. The first-order chi connectivity index (χ1) is 9.56. The van der Waals surface area contributed by atoms with Gasteiger partial charge in [0.15, 0.2) is 16.6 Å². The summed E-state index contributed by atoms with van der Waals surface area (Å²) in [4.78, 5) is 21.9. The Hall–Kier alpha value is -1.89. The molecule has 2 rings (SSSR count). The van der Waals surface area contributed by atoms with Crippen molar-refractivity contribution in [2.75, 3.05) is 19.2 Å². The molecule has 0 aromatic heterocycles. The van der Waals surface area contributed by atoms with Crippen LogP contribution in [0.15, 0.2) is 18.2 Å². The van der Waals surface area contributed by atoms with Crippen LogP contribution in [0.2, 0.25) is 0 Å².